The minimum atomic E-state index is 0.641. The van der Waals surface area contributed by atoms with E-state index in [-0.39, 0.29) is 0 Å². The molecule has 1 aromatic carbocycles. The van der Waals surface area contributed by atoms with Crippen molar-refractivity contribution in [3.05, 3.63) is 34.3 Å². The van der Waals surface area contributed by atoms with Crippen LogP contribution in [-0.4, -0.2) is 4.83 Å². The average Bonchev–Trinajstić information content (AvgIpc) is 2.20. The van der Waals surface area contributed by atoms with E-state index in [0.29, 0.717) is 4.83 Å². The second-order valence-electron chi connectivity index (χ2n) is 4.01. The van der Waals surface area contributed by atoms with Gasteiger partial charge in [-0.2, -0.15) is 0 Å². The van der Waals surface area contributed by atoms with Crippen LogP contribution < -0.4 is 0 Å². The second-order valence-corrected chi connectivity index (χ2v) is 5.71. The van der Waals surface area contributed by atoms with Gasteiger partial charge in [-0.25, -0.2) is 0 Å². The first-order valence-electron chi connectivity index (χ1n) is 5.52. The van der Waals surface area contributed by atoms with E-state index in [1.54, 1.807) is 0 Å². The minimum Gasteiger partial charge on any atom is -0.0891 e. The predicted molar refractivity (Wildman–Crippen MR) is 72.1 cm³/mol. The lowest BCUT2D eigenvalue weighted by atomic mass is 10.0. The topological polar surface area (TPSA) is 0 Å². The normalized spacial score (nSPS) is 12.8. The number of alkyl halides is 1. The molecule has 0 N–H and O–H groups in total. The maximum absolute atomic E-state index is 6.08. The zero-order valence-corrected chi connectivity index (χ0v) is 11.7. The Morgan fingerprint density at radius 1 is 1.33 bits per heavy atom. The lowest BCUT2D eigenvalue weighted by Gasteiger charge is -2.08. The van der Waals surface area contributed by atoms with E-state index < -0.39 is 0 Å². The molecule has 0 amide bonds. The van der Waals surface area contributed by atoms with Crippen LogP contribution in [0.15, 0.2) is 18.2 Å². The lowest BCUT2D eigenvalue weighted by molar-refractivity contribution is 0.693. The molecule has 84 valence electrons. The van der Waals surface area contributed by atoms with Crippen molar-refractivity contribution in [1.82, 2.24) is 0 Å². The van der Waals surface area contributed by atoms with Crippen LogP contribution in [0, 0.1) is 6.92 Å². The molecule has 1 atom stereocenters. The van der Waals surface area contributed by atoms with E-state index in [1.165, 1.54) is 24.8 Å². The van der Waals surface area contributed by atoms with Crippen LogP contribution in [0.5, 0.6) is 0 Å². The van der Waals surface area contributed by atoms with Gasteiger partial charge in [0.1, 0.15) is 0 Å². The molecule has 0 saturated heterocycles. The molecule has 0 aliphatic rings. The highest BCUT2D eigenvalue weighted by atomic mass is 79.9. The molecule has 0 heterocycles. The zero-order chi connectivity index (χ0) is 11.3. The highest BCUT2D eigenvalue weighted by molar-refractivity contribution is 9.09. The molecule has 0 aliphatic carbocycles. The summed E-state index contributed by atoms with van der Waals surface area (Å²) >= 11 is 9.77. The van der Waals surface area contributed by atoms with Crippen molar-refractivity contribution < 1.29 is 0 Å². The Morgan fingerprint density at radius 3 is 2.67 bits per heavy atom. The fourth-order valence-electron chi connectivity index (χ4n) is 1.57. The van der Waals surface area contributed by atoms with Crippen LogP contribution in [0.1, 0.15) is 37.3 Å². The van der Waals surface area contributed by atoms with Gasteiger partial charge in [0.2, 0.25) is 0 Å². The summed E-state index contributed by atoms with van der Waals surface area (Å²) in [5.74, 6) is 0. The van der Waals surface area contributed by atoms with Gasteiger partial charge in [-0.15, -0.1) is 0 Å². The van der Waals surface area contributed by atoms with Gasteiger partial charge >= 0.3 is 0 Å². The molecule has 0 aliphatic heterocycles. The molecule has 0 bridgehead atoms. The summed E-state index contributed by atoms with van der Waals surface area (Å²) in [7, 11) is 0. The molecule has 15 heavy (non-hydrogen) atoms. The van der Waals surface area contributed by atoms with Crippen molar-refractivity contribution in [2.75, 3.05) is 0 Å². The van der Waals surface area contributed by atoms with Crippen LogP contribution in [0.2, 0.25) is 5.02 Å². The number of halogens is 2. The Kier molecular flexibility index (Phi) is 5.70. The van der Waals surface area contributed by atoms with Gasteiger partial charge < -0.3 is 0 Å². The van der Waals surface area contributed by atoms with Crippen molar-refractivity contribution in [3.63, 3.8) is 0 Å². The minimum absolute atomic E-state index is 0.641. The fraction of sp³-hybridized carbons (Fsp3) is 0.538. The second kappa shape index (κ2) is 6.55. The van der Waals surface area contributed by atoms with Gasteiger partial charge in [-0.05, 0) is 43.4 Å². The van der Waals surface area contributed by atoms with E-state index in [0.717, 1.165) is 17.0 Å². The summed E-state index contributed by atoms with van der Waals surface area (Å²) in [5.41, 5.74) is 2.50. The predicted octanol–water partition coefficient (Wildman–Crippen LogP) is 5.14. The molecular formula is C13H18BrCl. The van der Waals surface area contributed by atoms with Crippen molar-refractivity contribution in [2.24, 2.45) is 0 Å². The molecule has 0 aromatic heterocycles. The molecule has 0 spiro atoms. The number of aryl methyl sites for hydroxylation is 2. The quantitative estimate of drug-likeness (QED) is 0.658. The zero-order valence-electron chi connectivity index (χ0n) is 9.39. The summed E-state index contributed by atoms with van der Waals surface area (Å²) in [6.45, 7) is 4.26. The summed E-state index contributed by atoms with van der Waals surface area (Å²) < 4.78 is 0. The summed E-state index contributed by atoms with van der Waals surface area (Å²) in [6.07, 6.45) is 4.79. The van der Waals surface area contributed by atoms with E-state index in [1.807, 2.05) is 6.92 Å². The third-order valence-corrected chi connectivity index (χ3v) is 3.91. The van der Waals surface area contributed by atoms with Crippen molar-refractivity contribution in [1.29, 1.82) is 0 Å². The van der Waals surface area contributed by atoms with E-state index in [9.17, 15) is 0 Å². The van der Waals surface area contributed by atoms with Crippen LogP contribution in [-0.2, 0) is 6.42 Å². The summed E-state index contributed by atoms with van der Waals surface area (Å²) in [5, 5.41) is 0.883. The van der Waals surface area contributed by atoms with E-state index in [4.69, 9.17) is 11.6 Å². The number of rotatable bonds is 5. The van der Waals surface area contributed by atoms with Crippen LogP contribution in [0.4, 0.5) is 0 Å². The Hall–Kier alpha value is -0.0100. The first-order chi connectivity index (χ1) is 7.13. The molecule has 0 saturated carbocycles. The van der Waals surface area contributed by atoms with Gasteiger partial charge in [0.05, 0.1) is 0 Å². The number of hydrogen-bond acceptors (Lipinski definition) is 0. The number of benzene rings is 1. The monoisotopic (exact) mass is 288 g/mol. The number of hydrogen-bond donors (Lipinski definition) is 0. The Bertz CT molecular complexity index is 309. The molecule has 0 radical (unpaired) electrons. The van der Waals surface area contributed by atoms with Crippen LogP contribution in [0.3, 0.4) is 0 Å². The standard InChI is InChI=1S/C13H18BrCl/c1-3-4-12(14)8-7-11-6-5-10(2)13(15)9-11/h5-6,9,12H,3-4,7-8H2,1-2H3. The third kappa shape index (κ3) is 4.56. The average molecular weight is 290 g/mol. The first kappa shape index (κ1) is 13.1. The molecule has 0 nitrogen and oxygen atoms in total. The Labute approximate surface area is 106 Å². The van der Waals surface area contributed by atoms with Gasteiger partial charge in [-0.3, -0.25) is 0 Å². The van der Waals surface area contributed by atoms with Gasteiger partial charge in [0, 0.05) is 9.85 Å². The lowest BCUT2D eigenvalue weighted by Crippen LogP contribution is -1.99. The molecule has 1 unspecified atom stereocenters. The molecular weight excluding hydrogens is 272 g/mol. The van der Waals surface area contributed by atoms with Crippen LogP contribution >= 0.6 is 27.5 Å². The maximum atomic E-state index is 6.08. The highest BCUT2D eigenvalue weighted by Gasteiger charge is 2.04. The fourth-order valence-corrected chi connectivity index (χ4v) is 2.46. The summed E-state index contributed by atoms with van der Waals surface area (Å²) in [4.78, 5) is 0.641. The van der Waals surface area contributed by atoms with Gasteiger partial charge in [0.15, 0.2) is 0 Å². The van der Waals surface area contributed by atoms with E-state index in [2.05, 4.69) is 41.1 Å². The molecule has 0 fully saturated rings. The van der Waals surface area contributed by atoms with Crippen LogP contribution in [0.25, 0.3) is 0 Å². The largest absolute Gasteiger partial charge is 0.0891 e. The SMILES string of the molecule is CCCC(Br)CCc1ccc(C)c(Cl)c1. The van der Waals surface area contributed by atoms with Gasteiger partial charge in [0.25, 0.3) is 0 Å². The molecule has 1 rings (SSSR count). The molecule has 2 heteroatoms. The maximum Gasteiger partial charge on any atom is 0.0437 e. The molecule has 1 aromatic rings. The van der Waals surface area contributed by atoms with Crippen molar-refractivity contribution >= 4 is 27.5 Å². The highest BCUT2D eigenvalue weighted by Crippen LogP contribution is 2.20. The van der Waals surface area contributed by atoms with E-state index >= 15 is 0 Å². The smallest absolute Gasteiger partial charge is 0.0437 e. The third-order valence-electron chi connectivity index (χ3n) is 2.58. The first-order valence-corrected chi connectivity index (χ1v) is 6.82. The van der Waals surface area contributed by atoms with Crippen molar-refractivity contribution in [3.8, 4) is 0 Å². The van der Waals surface area contributed by atoms with Crippen molar-refractivity contribution in [2.45, 2.75) is 44.4 Å². The Balaban J connectivity index is 2.47. The summed E-state index contributed by atoms with van der Waals surface area (Å²) in [6, 6.07) is 6.36. The van der Waals surface area contributed by atoms with Gasteiger partial charge in [-0.1, -0.05) is 53.0 Å². The Morgan fingerprint density at radius 2 is 2.07 bits per heavy atom.